The number of aromatic nitrogens is 1. The first-order valence-corrected chi connectivity index (χ1v) is 8.21. The maximum Gasteiger partial charge on any atom is 0.343 e. The van der Waals surface area contributed by atoms with E-state index < -0.39 is 5.97 Å². The van der Waals surface area contributed by atoms with Gasteiger partial charge in [0.05, 0.1) is 7.11 Å². The molecular weight excluding hydrogens is 280 g/mol. The van der Waals surface area contributed by atoms with Gasteiger partial charge in [0, 0.05) is 19.3 Å². The summed E-state index contributed by atoms with van der Waals surface area (Å²) in [5.41, 5.74) is 0.973. The Kier molecular flexibility index (Phi) is 4.62. The van der Waals surface area contributed by atoms with Crippen molar-refractivity contribution >= 4 is 5.97 Å². The fraction of sp³-hybridized carbons (Fsp3) is 0.647. The van der Waals surface area contributed by atoms with Crippen LogP contribution in [0.25, 0.3) is 0 Å². The number of carbonyl (C=O) groups is 1. The molecule has 120 valence electrons. The van der Waals surface area contributed by atoms with Gasteiger partial charge in [0.1, 0.15) is 5.56 Å². The topological polar surface area (TPSA) is 51.5 Å². The van der Waals surface area contributed by atoms with Gasteiger partial charge in [0.15, 0.2) is 0 Å². The number of carbonyl (C=O) groups excluding carboxylic acids is 1. The fourth-order valence-corrected chi connectivity index (χ4v) is 3.13. The van der Waals surface area contributed by atoms with Gasteiger partial charge in [-0.3, -0.25) is 9.69 Å². The summed E-state index contributed by atoms with van der Waals surface area (Å²) in [5.74, 6) is 0.0588. The molecule has 0 aromatic carbocycles. The number of piperidine rings is 1. The largest absolute Gasteiger partial charge is 0.465 e. The van der Waals surface area contributed by atoms with Gasteiger partial charge in [-0.2, -0.15) is 0 Å². The normalized spacial score (nSPS) is 19.1. The van der Waals surface area contributed by atoms with Crippen molar-refractivity contribution in [2.45, 2.75) is 45.2 Å². The lowest BCUT2D eigenvalue weighted by Crippen LogP contribution is -2.32. The Morgan fingerprint density at radius 3 is 2.64 bits per heavy atom. The zero-order chi connectivity index (χ0) is 15.5. The third kappa shape index (κ3) is 3.58. The summed E-state index contributed by atoms with van der Waals surface area (Å²) in [6, 6.07) is 1.71. The van der Waals surface area contributed by atoms with E-state index in [4.69, 9.17) is 4.74 Å². The lowest BCUT2D eigenvalue weighted by atomic mass is 10.1. The molecule has 1 aliphatic carbocycles. The van der Waals surface area contributed by atoms with E-state index in [1.54, 1.807) is 10.6 Å². The second-order valence-electron chi connectivity index (χ2n) is 6.49. The van der Waals surface area contributed by atoms with Gasteiger partial charge in [0.2, 0.25) is 0 Å². The minimum atomic E-state index is -0.532. The predicted molar refractivity (Wildman–Crippen MR) is 83.9 cm³/mol. The second-order valence-corrected chi connectivity index (χ2v) is 6.49. The van der Waals surface area contributed by atoms with Crippen LogP contribution in [0.4, 0.5) is 0 Å². The van der Waals surface area contributed by atoms with Crippen LogP contribution in [0.1, 0.15) is 48.0 Å². The van der Waals surface area contributed by atoms with Gasteiger partial charge < -0.3 is 9.30 Å². The van der Waals surface area contributed by atoms with Crippen molar-refractivity contribution in [2.75, 3.05) is 20.2 Å². The molecule has 0 spiro atoms. The predicted octanol–water partition coefficient (Wildman–Crippen LogP) is 2.03. The molecule has 1 aliphatic heterocycles. The van der Waals surface area contributed by atoms with E-state index in [0.29, 0.717) is 5.92 Å². The summed E-state index contributed by atoms with van der Waals surface area (Å²) in [6.07, 6.45) is 8.04. The molecule has 2 aliphatic rings. The maximum atomic E-state index is 12.4. The van der Waals surface area contributed by atoms with Crippen LogP contribution < -0.4 is 5.56 Å². The van der Waals surface area contributed by atoms with Crippen molar-refractivity contribution in [2.24, 2.45) is 5.92 Å². The van der Waals surface area contributed by atoms with Crippen LogP contribution in [-0.4, -0.2) is 35.6 Å². The smallest absolute Gasteiger partial charge is 0.343 e. The minimum Gasteiger partial charge on any atom is -0.465 e. The molecule has 0 amide bonds. The molecule has 0 radical (unpaired) electrons. The maximum absolute atomic E-state index is 12.4. The molecule has 2 fully saturated rings. The molecule has 0 bridgehead atoms. The molecule has 3 rings (SSSR count). The lowest BCUT2D eigenvalue weighted by Gasteiger charge is -2.26. The van der Waals surface area contributed by atoms with Gasteiger partial charge in [-0.05, 0) is 56.3 Å². The minimum absolute atomic E-state index is 0.164. The van der Waals surface area contributed by atoms with Crippen LogP contribution in [0, 0.1) is 5.92 Å². The van der Waals surface area contributed by atoms with Gasteiger partial charge >= 0.3 is 5.97 Å². The molecule has 5 nitrogen and oxygen atoms in total. The van der Waals surface area contributed by atoms with Crippen LogP contribution in [0.2, 0.25) is 0 Å². The average molecular weight is 304 g/mol. The van der Waals surface area contributed by atoms with Crippen molar-refractivity contribution in [3.8, 4) is 0 Å². The molecule has 0 atom stereocenters. The van der Waals surface area contributed by atoms with Gasteiger partial charge in [0.25, 0.3) is 5.56 Å². The number of methoxy groups -OCH3 is 1. The summed E-state index contributed by atoms with van der Waals surface area (Å²) in [6.45, 7) is 3.70. The van der Waals surface area contributed by atoms with E-state index >= 15 is 0 Å². The SMILES string of the molecule is COC(=O)c1cc(CN2CCCCC2)cn(CC2CC2)c1=O. The third-order valence-electron chi connectivity index (χ3n) is 4.55. The Hall–Kier alpha value is -1.62. The van der Waals surface area contributed by atoms with Crippen molar-refractivity contribution in [1.82, 2.24) is 9.47 Å². The van der Waals surface area contributed by atoms with E-state index in [0.717, 1.165) is 31.7 Å². The Balaban J connectivity index is 1.86. The van der Waals surface area contributed by atoms with E-state index in [2.05, 4.69) is 4.90 Å². The van der Waals surface area contributed by atoms with Crippen molar-refractivity contribution in [3.63, 3.8) is 0 Å². The highest BCUT2D eigenvalue weighted by Crippen LogP contribution is 2.30. The van der Waals surface area contributed by atoms with Gasteiger partial charge in [-0.15, -0.1) is 0 Å². The zero-order valence-electron chi connectivity index (χ0n) is 13.2. The van der Waals surface area contributed by atoms with Crippen LogP contribution >= 0.6 is 0 Å². The summed E-state index contributed by atoms with van der Waals surface area (Å²) < 4.78 is 6.48. The fourth-order valence-electron chi connectivity index (χ4n) is 3.13. The van der Waals surface area contributed by atoms with Crippen LogP contribution in [0.5, 0.6) is 0 Å². The molecule has 5 heteroatoms. The lowest BCUT2D eigenvalue weighted by molar-refractivity contribution is 0.0597. The highest BCUT2D eigenvalue weighted by molar-refractivity contribution is 5.89. The van der Waals surface area contributed by atoms with Crippen molar-refractivity contribution in [3.05, 3.63) is 33.7 Å². The summed E-state index contributed by atoms with van der Waals surface area (Å²) >= 11 is 0. The molecule has 1 saturated carbocycles. The first-order chi connectivity index (χ1) is 10.7. The van der Waals surface area contributed by atoms with E-state index in [9.17, 15) is 9.59 Å². The van der Waals surface area contributed by atoms with Crippen LogP contribution in [-0.2, 0) is 17.8 Å². The Morgan fingerprint density at radius 1 is 1.27 bits per heavy atom. The van der Waals surface area contributed by atoms with Crippen molar-refractivity contribution < 1.29 is 9.53 Å². The first kappa shape index (κ1) is 15.3. The standard InChI is InChI=1S/C17H24N2O3/c1-22-17(21)15-9-14(10-18-7-3-2-4-8-18)12-19(16(15)20)11-13-5-6-13/h9,12-13H,2-8,10-11H2,1H3. The highest BCUT2D eigenvalue weighted by atomic mass is 16.5. The second kappa shape index (κ2) is 6.65. The van der Waals surface area contributed by atoms with E-state index in [1.807, 2.05) is 6.20 Å². The number of hydrogen-bond acceptors (Lipinski definition) is 4. The summed E-state index contributed by atoms with van der Waals surface area (Å²) in [5, 5.41) is 0. The van der Waals surface area contributed by atoms with Crippen LogP contribution in [0.3, 0.4) is 0 Å². The molecule has 1 aromatic heterocycles. The Labute approximate surface area is 130 Å². The van der Waals surface area contributed by atoms with Crippen molar-refractivity contribution in [1.29, 1.82) is 0 Å². The Morgan fingerprint density at radius 2 is 2.00 bits per heavy atom. The third-order valence-corrected chi connectivity index (χ3v) is 4.55. The van der Waals surface area contributed by atoms with Gasteiger partial charge in [-0.25, -0.2) is 4.79 Å². The number of pyridine rings is 1. The number of rotatable bonds is 5. The number of esters is 1. The van der Waals surface area contributed by atoms with Crippen LogP contribution in [0.15, 0.2) is 17.1 Å². The molecule has 1 aromatic rings. The quantitative estimate of drug-likeness (QED) is 0.781. The number of likely N-dealkylation sites (tertiary alicyclic amines) is 1. The number of hydrogen-bond donors (Lipinski definition) is 0. The molecule has 0 N–H and O–H groups in total. The number of ether oxygens (including phenoxy) is 1. The summed E-state index contributed by atoms with van der Waals surface area (Å²) in [7, 11) is 1.32. The average Bonchev–Trinajstić information content (AvgIpc) is 3.34. The van der Waals surface area contributed by atoms with E-state index in [-0.39, 0.29) is 11.1 Å². The Bertz CT molecular complexity index is 598. The molecule has 2 heterocycles. The zero-order valence-corrected chi connectivity index (χ0v) is 13.2. The monoisotopic (exact) mass is 304 g/mol. The van der Waals surface area contributed by atoms with Gasteiger partial charge in [-0.1, -0.05) is 6.42 Å². The molecule has 22 heavy (non-hydrogen) atoms. The summed E-state index contributed by atoms with van der Waals surface area (Å²) in [4.78, 5) is 26.7. The number of nitrogens with zero attached hydrogens (tertiary/aromatic N) is 2. The first-order valence-electron chi connectivity index (χ1n) is 8.21. The molecule has 0 unspecified atom stereocenters. The molecule has 1 saturated heterocycles. The highest BCUT2D eigenvalue weighted by Gasteiger charge is 2.24. The molecular formula is C17H24N2O3. The van der Waals surface area contributed by atoms with E-state index in [1.165, 1.54) is 39.2 Å².